The molecule has 1 aromatic rings. The van der Waals surface area contributed by atoms with E-state index in [0.717, 1.165) is 45.7 Å². The topological polar surface area (TPSA) is 50.5 Å². The number of morpholine rings is 1. The van der Waals surface area contributed by atoms with E-state index in [-0.39, 0.29) is 0 Å². The van der Waals surface area contributed by atoms with E-state index in [0.29, 0.717) is 12.1 Å². The van der Waals surface area contributed by atoms with Gasteiger partial charge in [-0.2, -0.15) is 0 Å². The van der Waals surface area contributed by atoms with E-state index >= 15 is 0 Å². The average molecular weight is 289 g/mol. The number of rotatable bonds is 4. The van der Waals surface area contributed by atoms with Gasteiger partial charge in [-0.15, -0.1) is 0 Å². The molecule has 1 aromatic carbocycles. The summed E-state index contributed by atoms with van der Waals surface area (Å²) in [6.45, 7) is 4.64. The molecule has 0 radical (unpaired) electrons. The molecular formula is C17H27N3O. The maximum absolute atomic E-state index is 5.95. The average Bonchev–Trinajstić information content (AvgIpc) is 2.56. The number of nitrogens with two attached hydrogens (primary N) is 1. The summed E-state index contributed by atoms with van der Waals surface area (Å²) in [5, 5.41) is 3.67. The van der Waals surface area contributed by atoms with Crippen LogP contribution in [0.25, 0.3) is 0 Å². The lowest BCUT2D eigenvalue weighted by Crippen LogP contribution is -2.37. The number of hydrogen-bond donors (Lipinski definition) is 2. The van der Waals surface area contributed by atoms with Crippen molar-refractivity contribution in [2.75, 3.05) is 31.2 Å². The SMILES string of the molecule is NC1CCC(NCc2ccc(N3CCOCC3)cc2)CC1. The fourth-order valence-electron chi connectivity index (χ4n) is 3.23. The predicted octanol–water partition coefficient (Wildman–Crippen LogP) is 1.88. The fourth-order valence-corrected chi connectivity index (χ4v) is 3.23. The van der Waals surface area contributed by atoms with Crippen molar-refractivity contribution in [3.05, 3.63) is 29.8 Å². The van der Waals surface area contributed by atoms with E-state index < -0.39 is 0 Å². The van der Waals surface area contributed by atoms with E-state index in [4.69, 9.17) is 10.5 Å². The third kappa shape index (κ3) is 4.19. The Balaban J connectivity index is 1.48. The minimum atomic E-state index is 0.427. The Bertz CT molecular complexity index is 420. The zero-order valence-corrected chi connectivity index (χ0v) is 12.8. The van der Waals surface area contributed by atoms with Gasteiger partial charge in [0, 0.05) is 37.4 Å². The molecule has 0 unspecified atom stereocenters. The van der Waals surface area contributed by atoms with Crippen molar-refractivity contribution in [2.45, 2.75) is 44.3 Å². The van der Waals surface area contributed by atoms with Crippen LogP contribution in [-0.2, 0) is 11.3 Å². The van der Waals surface area contributed by atoms with Crippen molar-refractivity contribution in [3.8, 4) is 0 Å². The zero-order chi connectivity index (χ0) is 14.5. The monoisotopic (exact) mass is 289 g/mol. The van der Waals surface area contributed by atoms with Crippen molar-refractivity contribution in [2.24, 2.45) is 5.73 Å². The molecule has 0 atom stereocenters. The molecule has 4 nitrogen and oxygen atoms in total. The van der Waals surface area contributed by atoms with Crippen LogP contribution in [0.4, 0.5) is 5.69 Å². The minimum Gasteiger partial charge on any atom is -0.378 e. The van der Waals surface area contributed by atoms with Crippen LogP contribution in [0.2, 0.25) is 0 Å². The van der Waals surface area contributed by atoms with Crippen molar-refractivity contribution < 1.29 is 4.74 Å². The Morgan fingerprint density at radius 3 is 2.38 bits per heavy atom. The molecule has 1 aliphatic carbocycles. The summed E-state index contributed by atoms with van der Waals surface area (Å²) in [5.74, 6) is 0. The number of nitrogens with zero attached hydrogens (tertiary/aromatic N) is 1. The molecule has 1 saturated heterocycles. The smallest absolute Gasteiger partial charge is 0.0642 e. The van der Waals surface area contributed by atoms with Crippen LogP contribution in [0.5, 0.6) is 0 Å². The highest BCUT2D eigenvalue weighted by Gasteiger charge is 2.17. The van der Waals surface area contributed by atoms with Crippen molar-refractivity contribution in [3.63, 3.8) is 0 Å². The second-order valence-electron chi connectivity index (χ2n) is 6.26. The molecule has 116 valence electrons. The molecule has 1 saturated carbocycles. The maximum Gasteiger partial charge on any atom is 0.0642 e. The van der Waals surface area contributed by atoms with Gasteiger partial charge in [0.05, 0.1) is 13.2 Å². The lowest BCUT2D eigenvalue weighted by atomic mass is 9.92. The highest BCUT2D eigenvalue weighted by atomic mass is 16.5. The van der Waals surface area contributed by atoms with E-state index in [1.54, 1.807) is 0 Å². The first-order valence-electron chi connectivity index (χ1n) is 8.22. The summed E-state index contributed by atoms with van der Waals surface area (Å²) in [6, 6.07) is 10.0. The number of nitrogens with one attached hydrogen (secondary N) is 1. The molecule has 4 heteroatoms. The molecule has 1 heterocycles. The molecule has 3 rings (SSSR count). The summed E-state index contributed by atoms with van der Waals surface area (Å²) in [7, 11) is 0. The van der Waals surface area contributed by atoms with Gasteiger partial charge in [0.1, 0.15) is 0 Å². The van der Waals surface area contributed by atoms with Gasteiger partial charge >= 0.3 is 0 Å². The van der Waals surface area contributed by atoms with Gasteiger partial charge in [-0.3, -0.25) is 0 Å². The van der Waals surface area contributed by atoms with Gasteiger partial charge < -0.3 is 20.7 Å². The summed E-state index contributed by atoms with van der Waals surface area (Å²) in [5.41, 5.74) is 8.62. The Hall–Kier alpha value is -1.10. The van der Waals surface area contributed by atoms with Gasteiger partial charge in [0.25, 0.3) is 0 Å². The second-order valence-corrected chi connectivity index (χ2v) is 6.26. The third-order valence-corrected chi connectivity index (χ3v) is 4.68. The van der Waals surface area contributed by atoms with Gasteiger partial charge in [0.2, 0.25) is 0 Å². The second kappa shape index (κ2) is 7.25. The van der Waals surface area contributed by atoms with Gasteiger partial charge in [-0.1, -0.05) is 12.1 Å². The lowest BCUT2D eigenvalue weighted by Gasteiger charge is -2.29. The molecule has 1 aliphatic heterocycles. The van der Waals surface area contributed by atoms with Gasteiger partial charge in [0.15, 0.2) is 0 Å². The highest BCUT2D eigenvalue weighted by molar-refractivity contribution is 5.47. The number of hydrogen-bond acceptors (Lipinski definition) is 4. The Morgan fingerprint density at radius 1 is 1.05 bits per heavy atom. The van der Waals surface area contributed by atoms with Crippen molar-refractivity contribution >= 4 is 5.69 Å². The molecular weight excluding hydrogens is 262 g/mol. The quantitative estimate of drug-likeness (QED) is 0.888. The molecule has 0 spiro atoms. The summed E-state index contributed by atoms with van der Waals surface area (Å²) in [6.07, 6.45) is 4.75. The predicted molar refractivity (Wildman–Crippen MR) is 86.5 cm³/mol. The third-order valence-electron chi connectivity index (χ3n) is 4.68. The summed E-state index contributed by atoms with van der Waals surface area (Å²) in [4.78, 5) is 2.39. The first kappa shape index (κ1) is 14.8. The van der Waals surface area contributed by atoms with E-state index in [1.807, 2.05) is 0 Å². The maximum atomic E-state index is 5.95. The normalized spacial score (nSPS) is 26.8. The van der Waals surface area contributed by atoms with Crippen LogP contribution in [0, 0.1) is 0 Å². The van der Waals surface area contributed by atoms with Crippen LogP contribution in [0.3, 0.4) is 0 Å². The van der Waals surface area contributed by atoms with E-state index in [1.165, 1.54) is 24.1 Å². The van der Waals surface area contributed by atoms with Crippen molar-refractivity contribution in [1.29, 1.82) is 0 Å². The first-order chi connectivity index (χ1) is 10.3. The van der Waals surface area contributed by atoms with Crippen LogP contribution < -0.4 is 16.0 Å². The molecule has 0 bridgehead atoms. The van der Waals surface area contributed by atoms with E-state index in [9.17, 15) is 0 Å². The number of ether oxygens (including phenoxy) is 1. The van der Waals surface area contributed by atoms with Gasteiger partial charge in [-0.05, 0) is 43.4 Å². The summed E-state index contributed by atoms with van der Waals surface area (Å²) < 4.78 is 5.40. The molecule has 0 amide bonds. The standard InChI is InChI=1S/C17H27N3O/c18-15-3-5-16(6-4-15)19-13-14-1-7-17(8-2-14)20-9-11-21-12-10-20/h1-2,7-8,15-16,19H,3-6,9-13,18H2. The Labute approximate surface area is 127 Å². The van der Waals surface area contributed by atoms with Crippen LogP contribution >= 0.6 is 0 Å². The molecule has 2 fully saturated rings. The lowest BCUT2D eigenvalue weighted by molar-refractivity contribution is 0.122. The Morgan fingerprint density at radius 2 is 1.71 bits per heavy atom. The highest BCUT2D eigenvalue weighted by Crippen LogP contribution is 2.19. The fraction of sp³-hybridized carbons (Fsp3) is 0.647. The Kier molecular flexibility index (Phi) is 5.12. The van der Waals surface area contributed by atoms with Crippen molar-refractivity contribution in [1.82, 2.24) is 5.32 Å². The number of anilines is 1. The largest absolute Gasteiger partial charge is 0.378 e. The molecule has 21 heavy (non-hydrogen) atoms. The summed E-state index contributed by atoms with van der Waals surface area (Å²) >= 11 is 0. The first-order valence-corrected chi connectivity index (χ1v) is 8.22. The van der Waals surface area contributed by atoms with Crippen LogP contribution in [0.1, 0.15) is 31.2 Å². The minimum absolute atomic E-state index is 0.427. The number of benzene rings is 1. The molecule has 2 aliphatic rings. The van der Waals surface area contributed by atoms with E-state index in [2.05, 4.69) is 34.5 Å². The molecule has 0 aromatic heterocycles. The zero-order valence-electron chi connectivity index (χ0n) is 12.8. The molecule has 3 N–H and O–H groups in total. The van der Waals surface area contributed by atoms with Crippen LogP contribution in [-0.4, -0.2) is 38.4 Å². The van der Waals surface area contributed by atoms with Crippen LogP contribution in [0.15, 0.2) is 24.3 Å². The van der Waals surface area contributed by atoms with Gasteiger partial charge in [-0.25, -0.2) is 0 Å².